The number of rotatable bonds is 8. The van der Waals surface area contributed by atoms with Crippen LogP contribution in [-0.4, -0.2) is 53.0 Å². The summed E-state index contributed by atoms with van der Waals surface area (Å²) in [5.74, 6) is 0.905. The van der Waals surface area contributed by atoms with Crippen LogP contribution in [0.25, 0.3) is 0 Å². The molecule has 0 bridgehead atoms. The van der Waals surface area contributed by atoms with Crippen LogP contribution >= 0.6 is 0 Å². The minimum Gasteiger partial charge on any atom is -0.475 e. The summed E-state index contributed by atoms with van der Waals surface area (Å²) in [6.07, 6.45) is 0.676. The Kier molecular flexibility index (Phi) is 7.91. The van der Waals surface area contributed by atoms with Gasteiger partial charge in [0, 0.05) is 24.7 Å². The summed E-state index contributed by atoms with van der Waals surface area (Å²) in [4.78, 5) is 4.74. The fourth-order valence-corrected chi connectivity index (χ4v) is 6.50. The highest BCUT2D eigenvalue weighted by atomic mass is 28.4. The number of aliphatic imine (C=N–C) groups is 1. The van der Waals surface area contributed by atoms with Crippen molar-refractivity contribution in [2.75, 3.05) is 19.8 Å². The number of ether oxygens (including phenoxy) is 1. The highest BCUT2D eigenvalue weighted by Gasteiger charge is 2.55. The molecule has 0 radical (unpaired) electrons. The molecule has 204 valence electrons. The first kappa shape index (κ1) is 29.6. The van der Waals surface area contributed by atoms with Crippen LogP contribution in [0.3, 0.4) is 0 Å². The molecule has 1 aliphatic carbocycles. The van der Waals surface area contributed by atoms with Crippen molar-refractivity contribution in [3.05, 3.63) is 35.4 Å². The lowest BCUT2D eigenvalue weighted by Crippen LogP contribution is -2.57. The number of benzene rings is 1. The first-order valence-corrected chi connectivity index (χ1v) is 19.3. The third kappa shape index (κ3) is 6.01. The first-order chi connectivity index (χ1) is 16.2. The van der Waals surface area contributed by atoms with Gasteiger partial charge in [-0.25, -0.2) is 4.99 Å². The molecule has 1 aromatic carbocycles. The van der Waals surface area contributed by atoms with Gasteiger partial charge >= 0.3 is 0 Å². The summed E-state index contributed by atoms with van der Waals surface area (Å²) >= 11 is 0. The van der Waals surface area contributed by atoms with Gasteiger partial charge in [0.05, 0.1) is 11.1 Å². The van der Waals surface area contributed by atoms with E-state index in [-0.39, 0.29) is 27.5 Å². The highest BCUT2D eigenvalue weighted by molar-refractivity contribution is 6.74. The van der Waals surface area contributed by atoms with E-state index >= 15 is 0 Å². The van der Waals surface area contributed by atoms with Crippen molar-refractivity contribution in [2.45, 2.75) is 109 Å². The maximum absolute atomic E-state index is 12.1. The molecular formula is C29H51NO4Si2. The average molecular weight is 534 g/mol. The van der Waals surface area contributed by atoms with Gasteiger partial charge in [-0.15, -0.1) is 0 Å². The predicted molar refractivity (Wildman–Crippen MR) is 155 cm³/mol. The Balaban J connectivity index is 1.86. The molecule has 1 heterocycles. The number of nitrogens with zero attached hydrogens (tertiary/aromatic N) is 1. The SMILES string of the molecule is CC1(C)COC(c2cccc([C@@]3(O)C[C@H](CO[Si](C)(C)C(C)(C)C)[C@H]3CO[Si](C)(C)C(C)(C)C)c2)=N1. The van der Waals surface area contributed by atoms with Crippen LogP contribution in [0.4, 0.5) is 0 Å². The van der Waals surface area contributed by atoms with Crippen molar-refractivity contribution in [3.63, 3.8) is 0 Å². The van der Waals surface area contributed by atoms with Crippen LogP contribution in [0.5, 0.6) is 0 Å². The van der Waals surface area contributed by atoms with Crippen LogP contribution in [0.15, 0.2) is 29.3 Å². The number of hydrogen-bond donors (Lipinski definition) is 1. The van der Waals surface area contributed by atoms with Crippen LogP contribution in [0.1, 0.15) is 72.9 Å². The van der Waals surface area contributed by atoms with Gasteiger partial charge in [-0.1, -0.05) is 53.7 Å². The van der Waals surface area contributed by atoms with Crippen molar-refractivity contribution in [2.24, 2.45) is 16.8 Å². The molecule has 0 saturated heterocycles. The van der Waals surface area contributed by atoms with Gasteiger partial charge in [0.1, 0.15) is 6.61 Å². The molecule has 0 aromatic heterocycles. The van der Waals surface area contributed by atoms with Gasteiger partial charge in [-0.2, -0.15) is 0 Å². The first-order valence-electron chi connectivity index (χ1n) is 13.5. The van der Waals surface area contributed by atoms with E-state index in [1.807, 2.05) is 18.2 Å². The summed E-state index contributed by atoms with van der Waals surface area (Å²) in [6.45, 7) is 28.7. The molecule has 0 unspecified atom stereocenters. The Hall–Kier alpha value is -0.996. The van der Waals surface area contributed by atoms with Crippen LogP contribution in [0.2, 0.25) is 36.3 Å². The molecule has 7 heteroatoms. The molecule has 36 heavy (non-hydrogen) atoms. The second-order valence-electron chi connectivity index (χ2n) is 14.7. The molecule has 1 N–H and O–H groups in total. The quantitative estimate of drug-likeness (QED) is 0.362. The number of aliphatic hydroxyl groups is 1. The van der Waals surface area contributed by atoms with Crippen molar-refractivity contribution in [1.29, 1.82) is 0 Å². The van der Waals surface area contributed by atoms with E-state index in [0.717, 1.165) is 11.1 Å². The normalized spacial score (nSPS) is 26.9. The Morgan fingerprint density at radius 3 is 2.03 bits per heavy atom. The second kappa shape index (κ2) is 9.63. The van der Waals surface area contributed by atoms with Crippen LogP contribution in [0, 0.1) is 11.8 Å². The fourth-order valence-electron chi connectivity index (χ4n) is 4.40. The topological polar surface area (TPSA) is 60.3 Å². The Labute approximate surface area is 222 Å². The Morgan fingerprint density at radius 1 is 0.972 bits per heavy atom. The maximum Gasteiger partial charge on any atom is 0.216 e. The summed E-state index contributed by atoms with van der Waals surface area (Å²) in [7, 11) is -3.84. The van der Waals surface area contributed by atoms with Gasteiger partial charge in [0.2, 0.25) is 5.90 Å². The number of hydrogen-bond acceptors (Lipinski definition) is 5. The van der Waals surface area contributed by atoms with Crippen LogP contribution in [-0.2, 0) is 19.2 Å². The third-order valence-corrected chi connectivity index (χ3v) is 18.2. The monoisotopic (exact) mass is 533 g/mol. The van der Waals surface area contributed by atoms with E-state index < -0.39 is 22.2 Å². The zero-order valence-corrected chi connectivity index (χ0v) is 26.9. The van der Waals surface area contributed by atoms with E-state index in [2.05, 4.69) is 87.6 Å². The second-order valence-corrected chi connectivity index (χ2v) is 24.4. The largest absolute Gasteiger partial charge is 0.475 e. The summed E-state index contributed by atoms with van der Waals surface area (Å²) < 4.78 is 19.2. The third-order valence-electron chi connectivity index (χ3n) is 9.23. The standard InChI is InChI=1S/C29H51NO4Si2/c1-26(2,3)35(9,10)33-18-22-17-29(31,24(22)19-34-36(11,12)27(4,5)6)23-15-13-14-21(16-23)25-30-28(7,8)20-32-25/h13-16,22,24,31H,17-20H2,1-12H3/t22-,24-,29+/m1/s1. The minimum atomic E-state index is -1.96. The summed E-state index contributed by atoms with van der Waals surface area (Å²) in [6, 6.07) is 8.12. The van der Waals surface area contributed by atoms with Gasteiger partial charge < -0.3 is 18.7 Å². The fraction of sp³-hybridized carbons (Fsp3) is 0.759. The maximum atomic E-state index is 12.1. The average Bonchev–Trinajstić information content (AvgIpc) is 3.09. The molecule has 0 amide bonds. The van der Waals surface area contributed by atoms with Crippen molar-refractivity contribution >= 4 is 22.5 Å². The molecule has 3 atom stereocenters. The molecule has 3 rings (SSSR count). The summed E-state index contributed by atoms with van der Waals surface area (Å²) in [5, 5.41) is 12.4. The van der Waals surface area contributed by atoms with Gasteiger partial charge in [0.15, 0.2) is 16.6 Å². The lowest BCUT2D eigenvalue weighted by molar-refractivity contribution is -0.169. The van der Waals surface area contributed by atoms with E-state index in [1.165, 1.54) is 0 Å². The van der Waals surface area contributed by atoms with Gasteiger partial charge in [0.25, 0.3) is 0 Å². The smallest absolute Gasteiger partial charge is 0.216 e. The van der Waals surface area contributed by atoms with E-state index in [9.17, 15) is 5.11 Å². The zero-order chi connectivity index (χ0) is 27.4. The molecule has 1 fully saturated rings. The zero-order valence-electron chi connectivity index (χ0n) is 24.9. The highest BCUT2D eigenvalue weighted by Crippen LogP contribution is 2.53. The van der Waals surface area contributed by atoms with E-state index in [4.69, 9.17) is 18.6 Å². The van der Waals surface area contributed by atoms with E-state index in [0.29, 0.717) is 32.1 Å². The minimum absolute atomic E-state index is 0.0190. The molecule has 2 aliphatic rings. The van der Waals surface area contributed by atoms with Crippen LogP contribution < -0.4 is 0 Å². The molecule has 1 aliphatic heterocycles. The van der Waals surface area contributed by atoms with Gasteiger partial charge in [-0.05, 0) is 80.1 Å². The van der Waals surface area contributed by atoms with Gasteiger partial charge in [-0.3, -0.25) is 0 Å². The van der Waals surface area contributed by atoms with Crippen molar-refractivity contribution in [3.8, 4) is 0 Å². The summed E-state index contributed by atoms with van der Waals surface area (Å²) in [5.41, 5.74) is 0.679. The molecular weight excluding hydrogens is 482 g/mol. The van der Waals surface area contributed by atoms with Crippen molar-refractivity contribution < 1.29 is 18.7 Å². The predicted octanol–water partition coefficient (Wildman–Crippen LogP) is 7.11. The molecule has 1 aromatic rings. The molecule has 0 spiro atoms. The Bertz CT molecular complexity index is 974. The van der Waals surface area contributed by atoms with Crippen molar-refractivity contribution in [1.82, 2.24) is 0 Å². The molecule has 1 saturated carbocycles. The lowest BCUT2D eigenvalue weighted by atomic mass is 9.59. The molecule has 5 nitrogen and oxygen atoms in total. The van der Waals surface area contributed by atoms with E-state index in [1.54, 1.807) is 0 Å². The lowest BCUT2D eigenvalue weighted by Gasteiger charge is -2.54. The Morgan fingerprint density at radius 2 is 1.53 bits per heavy atom.